The third-order valence-electron chi connectivity index (χ3n) is 3.42. The Morgan fingerprint density at radius 2 is 2.12 bits per heavy atom. The summed E-state index contributed by atoms with van der Waals surface area (Å²) in [6.45, 7) is 5.45. The maximum absolute atomic E-state index is 12.5. The van der Waals surface area contributed by atoms with Crippen molar-refractivity contribution in [3.8, 4) is 0 Å². The van der Waals surface area contributed by atoms with E-state index < -0.39 is 22.5 Å². The van der Waals surface area contributed by atoms with Gasteiger partial charge in [-0.05, 0) is 26.3 Å². The lowest BCUT2D eigenvalue weighted by atomic mass is 10.1. The Morgan fingerprint density at radius 1 is 1.46 bits per heavy atom. The summed E-state index contributed by atoms with van der Waals surface area (Å²) in [7, 11) is 1.43. The zero-order valence-corrected chi connectivity index (χ0v) is 14.4. The number of aryl methyl sites for hydroxylation is 2. The number of hydrogen-bond acceptors (Lipinski definition) is 7. The van der Waals surface area contributed by atoms with Crippen LogP contribution in [0.15, 0.2) is 6.20 Å². The molecular weight excluding hydrogens is 336 g/mol. The van der Waals surface area contributed by atoms with Crippen LogP contribution in [-0.4, -0.2) is 33.2 Å². The summed E-state index contributed by atoms with van der Waals surface area (Å²) < 4.78 is 6.13. The average Bonchev–Trinajstić information content (AvgIpc) is 3.00. The lowest BCUT2D eigenvalue weighted by molar-refractivity contribution is -0.385. The van der Waals surface area contributed by atoms with E-state index in [0.29, 0.717) is 10.6 Å². The number of nitrogens with one attached hydrogen (secondary N) is 1. The zero-order valence-electron chi connectivity index (χ0n) is 13.6. The largest absolute Gasteiger partial charge is 0.462 e. The zero-order chi connectivity index (χ0) is 18.0. The van der Waals surface area contributed by atoms with Crippen LogP contribution >= 0.6 is 11.3 Å². The molecule has 128 valence electrons. The van der Waals surface area contributed by atoms with Crippen molar-refractivity contribution >= 4 is 33.9 Å². The maximum atomic E-state index is 12.5. The van der Waals surface area contributed by atoms with Crippen molar-refractivity contribution in [2.24, 2.45) is 7.05 Å². The topological polar surface area (TPSA) is 116 Å². The molecule has 1 amide bonds. The highest BCUT2D eigenvalue weighted by Gasteiger charge is 2.28. The smallest absolute Gasteiger partial charge is 0.341 e. The van der Waals surface area contributed by atoms with E-state index in [1.807, 2.05) is 6.92 Å². The minimum atomic E-state index is -0.714. The van der Waals surface area contributed by atoms with Gasteiger partial charge in [-0.2, -0.15) is 5.10 Å². The number of aromatic nitrogens is 2. The van der Waals surface area contributed by atoms with E-state index in [9.17, 15) is 19.7 Å². The second-order valence-electron chi connectivity index (χ2n) is 4.92. The first-order chi connectivity index (χ1) is 11.3. The molecule has 0 radical (unpaired) electrons. The Kier molecular flexibility index (Phi) is 4.98. The van der Waals surface area contributed by atoms with E-state index in [1.54, 1.807) is 13.8 Å². The van der Waals surface area contributed by atoms with E-state index in [1.165, 1.54) is 18.4 Å². The van der Waals surface area contributed by atoms with Gasteiger partial charge in [-0.25, -0.2) is 4.79 Å². The van der Waals surface area contributed by atoms with Gasteiger partial charge in [0.05, 0.1) is 17.1 Å². The summed E-state index contributed by atoms with van der Waals surface area (Å²) >= 11 is 1.21. The summed E-state index contributed by atoms with van der Waals surface area (Å²) in [5.74, 6) is -1.26. The molecule has 0 aliphatic carbocycles. The second kappa shape index (κ2) is 6.79. The molecule has 0 saturated carbocycles. The molecule has 2 rings (SSSR count). The van der Waals surface area contributed by atoms with Crippen LogP contribution in [0.1, 0.15) is 38.2 Å². The number of rotatable bonds is 5. The van der Waals surface area contributed by atoms with Gasteiger partial charge in [-0.3, -0.25) is 19.6 Å². The van der Waals surface area contributed by atoms with E-state index in [0.717, 1.165) is 15.8 Å². The average molecular weight is 352 g/mol. The Bertz CT molecular complexity index is 823. The van der Waals surface area contributed by atoms with Gasteiger partial charge in [-0.15, -0.1) is 11.3 Å². The molecule has 2 heterocycles. The predicted octanol–water partition coefficient (Wildman–Crippen LogP) is 2.44. The number of ether oxygens (including phenoxy) is 1. The number of esters is 1. The molecule has 2 aromatic heterocycles. The fourth-order valence-corrected chi connectivity index (χ4v) is 3.19. The molecule has 9 nitrogen and oxygen atoms in total. The van der Waals surface area contributed by atoms with Crippen LogP contribution < -0.4 is 5.32 Å². The fourth-order valence-electron chi connectivity index (χ4n) is 2.15. The molecule has 0 aliphatic rings. The van der Waals surface area contributed by atoms with Gasteiger partial charge >= 0.3 is 11.7 Å². The highest BCUT2D eigenvalue weighted by Crippen LogP contribution is 2.33. The molecule has 0 saturated heterocycles. The highest BCUT2D eigenvalue weighted by molar-refractivity contribution is 7.16. The molecule has 0 spiro atoms. The van der Waals surface area contributed by atoms with Gasteiger partial charge in [0, 0.05) is 11.9 Å². The Morgan fingerprint density at radius 3 is 2.71 bits per heavy atom. The number of hydrogen-bond donors (Lipinski definition) is 1. The lowest BCUT2D eigenvalue weighted by Crippen LogP contribution is -2.19. The number of nitrogens with zero attached hydrogens (tertiary/aromatic N) is 3. The third-order valence-corrected chi connectivity index (χ3v) is 4.55. The highest BCUT2D eigenvalue weighted by atomic mass is 32.1. The fraction of sp³-hybridized carbons (Fsp3) is 0.357. The van der Waals surface area contributed by atoms with Crippen molar-refractivity contribution < 1.29 is 19.2 Å². The van der Waals surface area contributed by atoms with Gasteiger partial charge in [0.2, 0.25) is 5.69 Å². The van der Waals surface area contributed by atoms with Crippen LogP contribution in [0.3, 0.4) is 0 Å². The first kappa shape index (κ1) is 17.6. The van der Waals surface area contributed by atoms with Crippen molar-refractivity contribution in [2.75, 3.05) is 11.9 Å². The quantitative estimate of drug-likeness (QED) is 0.502. The van der Waals surface area contributed by atoms with Crippen molar-refractivity contribution in [1.29, 1.82) is 0 Å². The molecule has 24 heavy (non-hydrogen) atoms. The maximum Gasteiger partial charge on any atom is 0.341 e. The lowest BCUT2D eigenvalue weighted by Gasteiger charge is -2.07. The van der Waals surface area contributed by atoms with Crippen molar-refractivity contribution in [3.05, 3.63) is 38.0 Å². The Balaban J connectivity index is 2.40. The van der Waals surface area contributed by atoms with E-state index >= 15 is 0 Å². The minimum Gasteiger partial charge on any atom is -0.462 e. The first-order valence-corrected chi connectivity index (χ1v) is 7.84. The molecule has 0 bridgehead atoms. The monoisotopic (exact) mass is 352 g/mol. The second-order valence-corrected chi connectivity index (χ2v) is 6.15. The van der Waals surface area contributed by atoms with Gasteiger partial charge in [0.25, 0.3) is 5.91 Å². The minimum absolute atomic E-state index is 0.196. The van der Waals surface area contributed by atoms with Crippen molar-refractivity contribution in [3.63, 3.8) is 0 Å². The SMILES string of the molecule is CCOC(=O)c1c(NC(=O)c2c([N+](=O)[O-])cnn2C)sc(C)c1C. The normalized spacial score (nSPS) is 10.5. The van der Waals surface area contributed by atoms with Crippen molar-refractivity contribution in [2.45, 2.75) is 20.8 Å². The first-order valence-electron chi connectivity index (χ1n) is 7.02. The molecule has 10 heteroatoms. The molecule has 1 N–H and O–H groups in total. The van der Waals surface area contributed by atoms with Crippen LogP contribution in [0.5, 0.6) is 0 Å². The molecule has 0 atom stereocenters. The van der Waals surface area contributed by atoms with E-state index in [-0.39, 0.29) is 17.9 Å². The molecule has 2 aromatic rings. The van der Waals surface area contributed by atoms with Crippen molar-refractivity contribution in [1.82, 2.24) is 9.78 Å². The van der Waals surface area contributed by atoms with Gasteiger partial charge < -0.3 is 10.1 Å². The predicted molar refractivity (Wildman–Crippen MR) is 87.6 cm³/mol. The number of carbonyl (C=O) groups is 2. The van der Waals surface area contributed by atoms with E-state index in [2.05, 4.69) is 10.4 Å². The van der Waals surface area contributed by atoms with E-state index in [4.69, 9.17) is 4.74 Å². The Labute approximate surface area is 141 Å². The number of thiophene rings is 1. The summed E-state index contributed by atoms with van der Waals surface area (Å²) in [4.78, 5) is 35.7. The summed E-state index contributed by atoms with van der Waals surface area (Å²) in [5.41, 5.74) is 0.363. The standard InChI is InChI=1S/C14H16N4O5S/c1-5-23-14(20)10-7(2)8(3)24-13(10)16-12(19)11-9(18(21)22)6-15-17(11)4/h6H,5H2,1-4H3,(H,16,19). The number of amides is 1. The van der Waals surface area contributed by atoms with Crippen LogP contribution in [0.25, 0.3) is 0 Å². The molecular formula is C14H16N4O5S. The molecule has 0 aliphatic heterocycles. The third kappa shape index (κ3) is 3.13. The molecule has 0 fully saturated rings. The number of nitro groups is 1. The van der Waals surface area contributed by atoms with Gasteiger partial charge in [0.1, 0.15) is 11.2 Å². The number of anilines is 1. The molecule has 0 aromatic carbocycles. The number of carbonyl (C=O) groups excluding carboxylic acids is 2. The summed E-state index contributed by atoms with van der Waals surface area (Å²) in [6.07, 6.45) is 1.01. The van der Waals surface area contributed by atoms with Crippen LogP contribution in [0.4, 0.5) is 10.7 Å². The van der Waals surface area contributed by atoms with Crippen LogP contribution in [0, 0.1) is 24.0 Å². The summed E-state index contributed by atoms with van der Waals surface area (Å²) in [5, 5.41) is 17.6. The van der Waals surface area contributed by atoms with Crippen LogP contribution in [0.2, 0.25) is 0 Å². The summed E-state index contributed by atoms with van der Waals surface area (Å²) in [6, 6.07) is 0. The molecule has 0 unspecified atom stereocenters. The Hall–Kier alpha value is -2.75. The van der Waals surface area contributed by atoms with Gasteiger partial charge in [-0.1, -0.05) is 0 Å². The van der Waals surface area contributed by atoms with Crippen LogP contribution in [-0.2, 0) is 11.8 Å². The van der Waals surface area contributed by atoms with Gasteiger partial charge in [0.15, 0.2) is 0 Å².